The number of aromatic carboxylic acids is 1. The second-order valence-electron chi connectivity index (χ2n) is 4.50. The number of nitrogens with zero attached hydrogens (tertiary/aromatic N) is 3. The Morgan fingerprint density at radius 2 is 2.24 bits per heavy atom. The largest absolute Gasteiger partial charge is 0.478 e. The fraction of sp³-hybridized carbons (Fsp3) is 0.417. The molecule has 1 aromatic carbocycles. The van der Waals surface area contributed by atoms with Gasteiger partial charge in [-0.25, -0.2) is 9.48 Å². The minimum atomic E-state index is -0.941. The molecule has 90 valence electrons. The van der Waals surface area contributed by atoms with Gasteiger partial charge in [0.15, 0.2) is 0 Å². The van der Waals surface area contributed by atoms with Gasteiger partial charge in [0.25, 0.3) is 0 Å². The summed E-state index contributed by atoms with van der Waals surface area (Å²) < 4.78 is 1.82. The van der Waals surface area contributed by atoms with Crippen LogP contribution in [0.3, 0.4) is 0 Å². The molecule has 0 amide bonds. The third-order valence-corrected chi connectivity index (χ3v) is 2.68. The van der Waals surface area contributed by atoms with E-state index in [1.54, 1.807) is 18.2 Å². The van der Waals surface area contributed by atoms with Crippen LogP contribution < -0.4 is 0 Å². The predicted molar refractivity (Wildman–Crippen MR) is 63.9 cm³/mol. The summed E-state index contributed by atoms with van der Waals surface area (Å²) >= 11 is 0. The number of benzene rings is 1. The van der Waals surface area contributed by atoms with Crippen LogP contribution in [-0.4, -0.2) is 26.1 Å². The molecule has 5 nitrogen and oxygen atoms in total. The normalized spacial score (nSPS) is 11.2. The van der Waals surface area contributed by atoms with Gasteiger partial charge in [-0.3, -0.25) is 0 Å². The Morgan fingerprint density at radius 3 is 2.88 bits per heavy atom. The highest BCUT2D eigenvalue weighted by Gasteiger charge is 2.09. The quantitative estimate of drug-likeness (QED) is 0.878. The summed E-state index contributed by atoms with van der Waals surface area (Å²) in [6, 6.07) is 4.90. The van der Waals surface area contributed by atoms with Gasteiger partial charge in [-0.1, -0.05) is 19.1 Å². The fourth-order valence-electron chi connectivity index (χ4n) is 1.65. The number of aromatic nitrogens is 3. The number of rotatable bonds is 4. The van der Waals surface area contributed by atoms with E-state index in [1.807, 2.05) is 4.68 Å². The van der Waals surface area contributed by atoms with Crippen molar-refractivity contribution in [1.29, 1.82) is 0 Å². The number of hydrogen-bond donors (Lipinski definition) is 1. The molecule has 0 saturated carbocycles. The lowest BCUT2D eigenvalue weighted by molar-refractivity contribution is 0.0697. The van der Waals surface area contributed by atoms with Crippen LogP contribution in [0.5, 0.6) is 0 Å². The highest BCUT2D eigenvalue weighted by Crippen LogP contribution is 2.14. The lowest BCUT2D eigenvalue weighted by Crippen LogP contribution is -2.03. The fourth-order valence-corrected chi connectivity index (χ4v) is 1.65. The molecule has 0 saturated heterocycles. The molecule has 17 heavy (non-hydrogen) atoms. The molecule has 1 aromatic heterocycles. The Morgan fingerprint density at radius 1 is 1.47 bits per heavy atom. The first kappa shape index (κ1) is 11.6. The Labute approximate surface area is 99.1 Å². The van der Waals surface area contributed by atoms with E-state index in [-0.39, 0.29) is 5.56 Å². The van der Waals surface area contributed by atoms with E-state index >= 15 is 0 Å². The molecule has 1 N–H and O–H groups in total. The van der Waals surface area contributed by atoms with Crippen molar-refractivity contribution < 1.29 is 9.90 Å². The molecule has 0 aliphatic carbocycles. The summed E-state index contributed by atoms with van der Waals surface area (Å²) in [4.78, 5) is 10.8. The van der Waals surface area contributed by atoms with Gasteiger partial charge in [0.2, 0.25) is 0 Å². The Kier molecular flexibility index (Phi) is 3.08. The molecule has 1 heterocycles. The van der Waals surface area contributed by atoms with Crippen LogP contribution in [0.1, 0.15) is 30.6 Å². The molecular weight excluding hydrogens is 218 g/mol. The minimum Gasteiger partial charge on any atom is -0.478 e. The molecule has 0 unspecified atom stereocenters. The third kappa shape index (κ3) is 2.43. The van der Waals surface area contributed by atoms with Crippen LogP contribution in [0.15, 0.2) is 18.2 Å². The van der Waals surface area contributed by atoms with Crippen LogP contribution in [0.2, 0.25) is 0 Å². The lowest BCUT2D eigenvalue weighted by atomic mass is 10.1. The van der Waals surface area contributed by atoms with E-state index in [1.165, 1.54) is 0 Å². The van der Waals surface area contributed by atoms with Gasteiger partial charge in [-0.15, -0.1) is 5.10 Å². The molecule has 5 heteroatoms. The molecule has 0 bridgehead atoms. The van der Waals surface area contributed by atoms with Gasteiger partial charge in [-0.2, -0.15) is 0 Å². The molecular formula is C12H15N3O2. The maximum Gasteiger partial charge on any atom is 0.335 e. The molecule has 0 atom stereocenters. The number of carboxylic acids is 1. The van der Waals surface area contributed by atoms with Crippen LogP contribution in [0.25, 0.3) is 11.0 Å². The molecule has 0 spiro atoms. The second-order valence-corrected chi connectivity index (χ2v) is 4.50. The Hall–Kier alpha value is -1.91. The average Bonchev–Trinajstić information content (AvgIpc) is 2.68. The van der Waals surface area contributed by atoms with Crippen molar-refractivity contribution in [1.82, 2.24) is 15.0 Å². The monoisotopic (exact) mass is 233 g/mol. The molecule has 2 aromatic rings. The van der Waals surface area contributed by atoms with Gasteiger partial charge in [0.1, 0.15) is 5.52 Å². The van der Waals surface area contributed by atoms with E-state index in [2.05, 4.69) is 24.2 Å². The van der Waals surface area contributed by atoms with Crippen molar-refractivity contribution in [3.63, 3.8) is 0 Å². The second kappa shape index (κ2) is 4.53. The van der Waals surface area contributed by atoms with Gasteiger partial charge < -0.3 is 5.11 Å². The molecule has 0 fully saturated rings. The van der Waals surface area contributed by atoms with E-state index < -0.39 is 5.97 Å². The maximum atomic E-state index is 10.8. The zero-order valence-electron chi connectivity index (χ0n) is 9.92. The number of hydrogen-bond acceptors (Lipinski definition) is 3. The van der Waals surface area contributed by atoms with E-state index in [9.17, 15) is 4.79 Å². The maximum absolute atomic E-state index is 10.8. The summed E-state index contributed by atoms with van der Waals surface area (Å²) in [6.45, 7) is 5.11. The average molecular weight is 233 g/mol. The van der Waals surface area contributed by atoms with Gasteiger partial charge in [0, 0.05) is 6.54 Å². The van der Waals surface area contributed by atoms with Crippen molar-refractivity contribution in [3.8, 4) is 0 Å². The number of aryl methyl sites for hydroxylation is 1. The Bertz CT molecular complexity index is 546. The van der Waals surface area contributed by atoms with Crippen molar-refractivity contribution >= 4 is 17.0 Å². The predicted octanol–water partition coefficient (Wildman–Crippen LogP) is 2.18. The van der Waals surface area contributed by atoms with Crippen molar-refractivity contribution in [2.45, 2.75) is 26.8 Å². The minimum absolute atomic E-state index is 0.244. The van der Waals surface area contributed by atoms with Crippen LogP contribution in [-0.2, 0) is 6.54 Å². The molecule has 0 aliphatic rings. The Balaban J connectivity index is 2.31. The molecule has 0 aliphatic heterocycles. The summed E-state index contributed by atoms with van der Waals surface area (Å²) in [6.07, 6.45) is 1.03. The summed E-state index contributed by atoms with van der Waals surface area (Å²) in [5.74, 6) is -0.337. The lowest BCUT2D eigenvalue weighted by Gasteiger charge is -2.04. The van der Waals surface area contributed by atoms with Crippen LogP contribution in [0.4, 0.5) is 0 Å². The number of fused-ring (bicyclic) bond motifs is 1. The number of carboxylic acid groups (broad SMARTS) is 1. The first-order valence-corrected chi connectivity index (χ1v) is 5.64. The van der Waals surface area contributed by atoms with E-state index in [0.29, 0.717) is 11.4 Å². The van der Waals surface area contributed by atoms with Crippen LogP contribution >= 0.6 is 0 Å². The SMILES string of the molecule is CC(C)CCn1nnc2cc(C(=O)O)ccc21. The van der Waals surface area contributed by atoms with Crippen molar-refractivity contribution in [3.05, 3.63) is 23.8 Å². The van der Waals surface area contributed by atoms with Gasteiger partial charge in [0.05, 0.1) is 11.1 Å². The van der Waals surface area contributed by atoms with Crippen LogP contribution in [0, 0.1) is 5.92 Å². The first-order valence-electron chi connectivity index (χ1n) is 5.64. The summed E-state index contributed by atoms with van der Waals surface area (Å²) in [5, 5.41) is 16.9. The first-order chi connectivity index (χ1) is 8.08. The highest BCUT2D eigenvalue weighted by molar-refractivity contribution is 5.92. The van der Waals surface area contributed by atoms with Crippen molar-refractivity contribution in [2.75, 3.05) is 0 Å². The summed E-state index contributed by atoms with van der Waals surface area (Å²) in [5.41, 5.74) is 1.76. The standard InChI is InChI=1S/C12H15N3O2/c1-8(2)5-6-15-11-4-3-9(12(16)17)7-10(11)13-14-15/h3-4,7-8H,5-6H2,1-2H3,(H,16,17). The van der Waals surface area contributed by atoms with Crippen molar-refractivity contribution in [2.24, 2.45) is 5.92 Å². The van der Waals surface area contributed by atoms with Gasteiger partial charge in [-0.05, 0) is 30.5 Å². The molecule has 2 rings (SSSR count). The van der Waals surface area contributed by atoms with E-state index in [0.717, 1.165) is 18.5 Å². The summed E-state index contributed by atoms with van der Waals surface area (Å²) in [7, 11) is 0. The molecule has 0 radical (unpaired) electrons. The van der Waals surface area contributed by atoms with Gasteiger partial charge >= 0.3 is 5.97 Å². The third-order valence-electron chi connectivity index (χ3n) is 2.68. The number of carbonyl (C=O) groups is 1. The zero-order chi connectivity index (χ0) is 12.4. The zero-order valence-corrected chi connectivity index (χ0v) is 9.92. The topological polar surface area (TPSA) is 68.0 Å². The highest BCUT2D eigenvalue weighted by atomic mass is 16.4. The smallest absolute Gasteiger partial charge is 0.335 e. The van der Waals surface area contributed by atoms with E-state index in [4.69, 9.17) is 5.11 Å².